The second-order valence-corrected chi connectivity index (χ2v) is 11.0. The van der Waals surface area contributed by atoms with Gasteiger partial charge in [-0.25, -0.2) is 5.01 Å². The first kappa shape index (κ1) is 32.9. The number of piperazine rings is 1. The molecule has 1 saturated heterocycles. The summed E-state index contributed by atoms with van der Waals surface area (Å²) < 4.78 is 5.32. The van der Waals surface area contributed by atoms with E-state index in [1.807, 2.05) is 35.2 Å². The number of amides is 2. The number of carbonyl (C=O) groups is 2. The van der Waals surface area contributed by atoms with E-state index in [9.17, 15) is 9.59 Å². The van der Waals surface area contributed by atoms with Crippen molar-refractivity contribution in [2.45, 2.75) is 12.8 Å². The summed E-state index contributed by atoms with van der Waals surface area (Å²) >= 11 is 6.44. The van der Waals surface area contributed by atoms with Gasteiger partial charge in [0.2, 0.25) is 0 Å². The molecule has 2 amide bonds. The van der Waals surface area contributed by atoms with Crippen molar-refractivity contribution in [2.24, 2.45) is 16.9 Å². The van der Waals surface area contributed by atoms with Gasteiger partial charge in [0, 0.05) is 50.7 Å². The Labute approximate surface area is 259 Å². The van der Waals surface area contributed by atoms with Crippen LogP contribution in [0.3, 0.4) is 0 Å². The molecule has 0 aromatic heterocycles. The minimum atomic E-state index is -0.200. The topological polar surface area (TPSA) is 68.7 Å². The minimum absolute atomic E-state index is 0. The number of methoxy groups -OCH3 is 1. The van der Waals surface area contributed by atoms with Gasteiger partial charge in [-0.3, -0.25) is 14.5 Å². The number of hydrogen-bond donors (Lipinski definition) is 0. The van der Waals surface area contributed by atoms with Gasteiger partial charge in [0.1, 0.15) is 5.75 Å². The van der Waals surface area contributed by atoms with Crippen LogP contribution in [0.15, 0.2) is 59.7 Å². The first-order valence-corrected chi connectivity index (χ1v) is 13.9. The molecule has 41 heavy (non-hydrogen) atoms. The Balaban J connectivity index is 0.00000231. The standard InChI is InChI=1S/C30H36ClN5O3.2ClH/c1-33(2)14-15-34-16-18-35(19-17-34)29(37)21-8-11-23(12-9-21)36-30(38)25-7-5-4-6-24(25)28(32-36)22-10-13-27(39-3)26(31)20-22;;/h4-5,8-13,20,24-25H,6-7,14-19H2,1-3H3;2*1H/t24-,25+;;/m0../s1. The van der Waals surface area contributed by atoms with E-state index in [2.05, 4.69) is 36.0 Å². The van der Waals surface area contributed by atoms with Crippen molar-refractivity contribution >= 4 is 59.6 Å². The average molecular weight is 623 g/mol. The molecule has 1 aliphatic carbocycles. The number of carbonyl (C=O) groups excluding carboxylic acids is 2. The van der Waals surface area contributed by atoms with Crippen LogP contribution in [0.1, 0.15) is 28.8 Å². The van der Waals surface area contributed by atoms with E-state index in [0.29, 0.717) is 41.5 Å². The molecule has 0 bridgehead atoms. The Morgan fingerprint density at radius 1 is 1.00 bits per heavy atom. The Morgan fingerprint density at radius 3 is 2.27 bits per heavy atom. The molecule has 0 spiro atoms. The molecule has 3 aliphatic rings. The van der Waals surface area contributed by atoms with Crippen LogP contribution in [0.4, 0.5) is 5.69 Å². The normalized spacial score (nSPS) is 20.6. The van der Waals surface area contributed by atoms with Gasteiger partial charge in [0.15, 0.2) is 0 Å². The Bertz CT molecular complexity index is 1280. The predicted octanol–water partition coefficient (Wildman–Crippen LogP) is 4.84. The number of hydrazone groups is 1. The highest BCUT2D eigenvalue weighted by Gasteiger charge is 2.40. The molecule has 2 aliphatic heterocycles. The summed E-state index contributed by atoms with van der Waals surface area (Å²) in [5.41, 5.74) is 2.98. The zero-order valence-electron chi connectivity index (χ0n) is 23.7. The van der Waals surface area contributed by atoms with Gasteiger partial charge in [-0.1, -0.05) is 23.8 Å². The average Bonchev–Trinajstić information content (AvgIpc) is 2.96. The lowest BCUT2D eigenvalue weighted by molar-refractivity contribution is -0.123. The lowest BCUT2D eigenvalue weighted by atomic mass is 9.76. The summed E-state index contributed by atoms with van der Waals surface area (Å²) in [5.74, 6) is 0.378. The van der Waals surface area contributed by atoms with Crippen LogP contribution in [-0.2, 0) is 4.79 Å². The number of benzene rings is 2. The smallest absolute Gasteiger partial charge is 0.253 e. The molecule has 2 atom stereocenters. The lowest BCUT2D eigenvalue weighted by Gasteiger charge is -2.37. The largest absolute Gasteiger partial charge is 0.495 e. The summed E-state index contributed by atoms with van der Waals surface area (Å²) in [6, 6.07) is 12.9. The first-order chi connectivity index (χ1) is 18.9. The van der Waals surface area contributed by atoms with Crippen LogP contribution in [0.5, 0.6) is 5.75 Å². The first-order valence-electron chi connectivity index (χ1n) is 13.5. The third-order valence-corrected chi connectivity index (χ3v) is 8.14. The van der Waals surface area contributed by atoms with Crippen LogP contribution < -0.4 is 9.75 Å². The third kappa shape index (κ3) is 7.24. The molecule has 8 nitrogen and oxygen atoms in total. The van der Waals surface area contributed by atoms with E-state index in [4.69, 9.17) is 21.4 Å². The Kier molecular flexibility index (Phi) is 11.6. The van der Waals surface area contributed by atoms with E-state index in [1.54, 1.807) is 19.2 Å². The van der Waals surface area contributed by atoms with E-state index in [1.165, 1.54) is 5.01 Å². The number of nitrogens with zero attached hydrogens (tertiary/aromatic N) is 5. The molecule has 2 aromatic carbocycles. The van der Waals surface area contributed by atoms with Crippen molar-refractivity contribution in [3.8, 4) is 5.75 Å². The highest BCUT2D eigenvalue weighted by atomic mass is 35.5. The number of ether oxygens (including phenoxy) is 1. The molecule has 0 radical (unpaired) electrons. The summed E-state index contributed by atoms with van der Waals surface area (Å²) in [6.07, 6.45) is 5.61. The minimum Gasteiger partial charge on any atom is -0.495 e. The van der Waals surface area contributed by atoms with Crippen molar-refractivity contribution < 1.29 is 14.3 Å². The highest BCUT2D eigenvalue weighted by molar-refractivity contribution is 6.32. The Morgan fingerprint density at radius 2 is 1.66 bits per heavy atom. The van der Waals surface area contributed by atoms with Crippen molar-refractivity contribution in [3.63, 3.8) is 0 Å². The van der Waals surface area contributed by atoms with Crippen LogP contribution in [0, 0.1) is 11.8 Å². The highest BCUT2D eigenvalue weighted by Crippen LogP contribution is 2.37. The van der Waals surface area contributed by atoms with Gasteiger partial charge in [0.25, 0.3) is 11.8 Å². The van der Waals surface area contributed by atoms with Crippen LogP contribution in [0.25, 0.3) is 0 Å². The van der Waals surface area contributed by atoms with Gasteiger partial charge in [-0.2, -0.15) is 5.10 Å². The summed E-state index contributed by atoms with van der Waals surface area (Å²) in [6.45, 7) is 5.21. The number of anilines is 1. The second-order valence-electron chi connectivity index (χ2n) is 10.6. The van der Waals surface area contributed by atoms with Crippen molar-refractivity contribution in [1.82, 2.24) is 14.7 Å². The summed E-state index contributed by atoms with van der Waals surface area (Å²) in [5, 5.41) is 6.85. The van der Waals surface area contributed by atoms with Crippen molar-refractivity contribution in [3.05, 3.63) is 70.8 Å². The number of allylic oxidation sites excluding steroid dienone is 2. The summed E-state index contributed by atoms with van der Waals surface area (Å²) in [7, 11) is 5.74. The van der Waals surface area contributed by atoms with Crippen molar-refractivity contribution in [1.29, 1.82) is 0 Å². The monoisotopic (exact) mass is 621 g/mol. The van der Waals surface area contributed by atoms with Gasteiger partial charge in [0.05, 0.1) is 29.4 Å². The number of rotatable bonds is 7. The maximum Gasteiger partial charge on any atom is 0.253 e. The number of halogens is 3. The molecule has 0 N–H and O–H groups in total. The van der Waals surface area contributed by atoms with E-state index >= 15 is 0 Å². The molecule has 2 heterocycles. The maximum absolute atomic E-state index is 13.6. The maximum atomic E-state index is 13.6. The zero-order valence-corrected chi connectivity index (χ0v) is 26.1. The lowest BCUT2D eigenvalue weighted by Crippen LogP contribution is -2.50. The van der Waals surface area contributed by atoms with Gasteiger partial charge in [-0.15, -0.1) is 24.8 Å². The molecule has 0 unspecified atom stereocenters. The van der Waals surface area contributed by atoms with Gasteiger partial charge < -0.3 is 14.5 Å². The van der Waals surface area contributed by atoms with E-state index in [0.717, 1.165) is 43.9 Å². The van der Waals surface area contributed by atoms with Crippen molar-refractivity contribution in [2.75, 3.05) is 65.5 Å². The number of hydrogen-bond acceptors (Lipinski definition) is 6. The van der Waals surface area contributed by atoms with Crippen LogP contribution >= 0.6 is 36.4 Å². The predicted molar refractivity (Wildman–Crippen MR) is 169 cm³/mol. The molecular formula is C30H38Cl3N5O3. The van der Waals surface area contributed by atoms with E-state index < -0.39 is 0 Å². The Hall–Kier alpha value is -2.62. The molecule has 1 fully saturated rings. The van der Waals surface area contributed by atoms with Crippen LogP contribution in [0.2, 0.25) is 5.02 Å². The fourth-order valence-electron chi connectivity index (χ4n) is 5.50. The molecule has 222 valence electrons. The SMILES string of the molecule is COc1ccc(C2=NN(c3ccc(C(=O)N4CCN(CCN(C)C)CC4)cc3)C(=O)[C@@H]3CC=CC[C@H]23)cc1Cl.Cl.Cl. The zero-order chi connectivity index (χ0) is 27.5. The van der Waals surface area contributed by atoms with Crippen LogP contribution in [-0.4, -0.2) is 92.7 Å². The number of fused-ring (bicyclic) bond motifs is 1. The van der Waals surface area contributed by atoms with Gasteiger partial charge >= 0.3 is 0 Å². The molecule has 0 saturated carbocycles. The molecule has 5 rings (SSSR count). The molecule has 2 aromatic rings. The fraction of sp³-hybridized carbons (Fsp3) is 0.433. The fourth-order valence-corrected chi connectivity index (χ4v) is 5.76. The van der Waals surface area contributed by atoms with E-state index in [-0.39, 0.29) is 48.5 Å². The quantitative estimate of drug-likeness (QED) is 0.414. The van der Waals surface area contributed by atoms with Gasteiger partial charge in [-0.05, 0) is 75.0 Å². The third-order valence-electron chi connectivity index (χ3n) is 7.85. The summed E-state index contributed by atoms with van der Waals surface area (Å²) in [4.78, 5) is 33.2. The second kappa shape index (κ2) is 14.5. The molecule has 11 heteroatoms. The molecular weight excluding hydrogens is 585 g/mol. The number of likely N-dealkylation sites (N-methyl/N-ethyl adjacent to an activating group) is 1.